The second-order valence-electron chi connectivity index (χ2n) is 8.98. The van der Waals surface area contributed by atoms with E-state index in [9.17, 15) is 14.4 Å². The fourth-order valence-corrected chi connectivity index (χ4v) is 6.08. The predicted octanol–water partition coefficient (Wildman–Crippen LogP) is 0.328. The van der Waals surface area contributed by atoms with Crippen LogP contribution in [0.25, 0.3) is 0 Å². The molecule has 2 bridgehead atoms. The Morgan fingerprint density at radius 1 is 1.17 bits per heavy atom. The van der Waals surface area contributed by atoms with Gasteiger partial charge in [0.25, 0.3) is 0 Å². The first-order valence-corrected chi connectivity index (χ1v) is 11.1. The average molecular weight is 408 g/mol. The number of fused-ring (bicyclic) bond motifs is 1. The lowest BCUT2D eigenvalue weighted by molar-refractivity contribution is -0.142. The van der Waals surface area contributed by atoms with E-state index < -0.39 is 23.5 Å². The molecule has 162 valence electrons. The van der Waals surface area contributed by atoms with Crippen LogP contribution < -0.4 is 10.6 Å². The molecule has 8 heteroatoms. The van der Waals surface area contributed by atoms with Crippen LogP contribution in [0.1, 0.15) is 57.8 Å². The summed E-state index contributed by atoms with van der Waals surface area (Å²) in [4.78, 5) is 41.1. The molecule has 29 heavy (non-hydrogen) atoms. The van der Waals surface area contributed by atoms with Crippen molar-refractivity contribution < 1.29 is 24.2 Å². The number of unbranched alkanes of at least 4 members (excludes halogenated alkanes) is 1. The molecule has 3 amide bonds. The van der Waals surface area contributed by atoms with Gasteiger partial charge >= 0.3 is 0 Å². The van der Waals surface area contributed by atoms with Gasteiger partial charge in [-0.2, -0.15) is 0 Å². The first-order chi connectivity index (χ1) is 14.0. The number of aliphatic hydroxyl groups is 1. The van der Waals surface area contributed by atoms with E-state index in [2.05, 4.69) is 10.6 Å². The van der Waals surface area contributed by atoms with Gasteiger partial charge in [0.15, 0.2) is 0 Å². The van der Waals surface area contributed by atoms with Gasteiger partial charge in [-0.25, -0.2) is 0 Å². The third kappa shape index (κ3) is 3.34. The highest BCUT2D eigenvalue weighted by Crippen LogP contribution is 2.58. The van der Waals surface area contributed by atoms with E-state index in [0.29, 0.717) is 32.2 Å². The second kappa shape index (κ2) is 8.22. The molecule has 4 fully saturated rings. The molecular weight excluding hydrogens is 374 g/mol. The number of nitrogens with one attached hydrogen (secondary N) is 2. The summed E-state index contributed by atoms with van der Waals surface area (Å²) in [5.74, 6) is -1.61. The molecule has 3 aliphatic heterocycles. The SMILES string of the molecule is CNC(=O)[C@@H]1[C@@H]2CCC3(O2)C(C(=O)NC2CCCCC2)N(CCCCO)C(=O)[C@H]13. The number of ether oxygens (including phenoxy) is 1. The Kier molecular flexibility index (Phi) is 5.84. The van der Waals surface area contributed by atoms with Crippen LogP contribution in [0.2, 0.25) is 0 Å². The van der Waals surface area contributed by atoms with Crippen LogP contribution in [0.3, 0.4) is 0 Å². The van der Waals surface area contributed by atoms with Crippen molar-refractivity contribution in [3.63, 3.8) is 0 Å². The van der Waals surface area contributed by atoms with Crippen molar-refractivity contribution >= 4 is 17.7 Å². The fourth-order valence-electron chi connectivity index (χ4n) is 6.08. The number of rotatable bonds is 7. The monoisotopic (exact) mass is 407 g/mol. The van der Waals surface area contributed by atoms with Crippen molar-refractivity contribution in [1.29, 1.82) is 0 Å². The Bertz CT molecular complexity index is 665. The molecule has 8 nitrogen and oxygen atoms in total. The van der Waals surface area contributed by atoms with Crippen molar-refractivity contribution in [2.75, 3.05) is 20.2 Å². The molecular formula is C21H33N3O5. The van der Waals surface area contributed by atoms with Gasteiger partial charge in [0.1, 0.15) is 11.6 Å². The standard InChI is InChI=1S/C21H33N3O5/c1-22-18(26)15-14-9-10-21(29-14)16(15)20(28)24(11-5-6-12-25)17(21)19(27)23-13-7-3-2-4-8-13/h13-17,25H,2-12H2,1H3,(H,22,26)(H,23,27)/t14-,15+,16-,17?,21?/m0/s1. The number of nitrogens with zero attached hydrogens (tertiary/aromatic N) is 1. The maximum atomic E-state index is 13.4. The van der Waals surface area contributed by atoms with Crippen molar-refractivity contribution in [2.24, 2.45) is 11.8 Å². The molecule has 3 saturated heterocycles. The number of aliphatic hydroxyl groups excluding tert-OH is 1. The van der Waals surface area contributed by atoms with Gasteiger partial charge < -0.3 is 25.4 Å². The number of hydrogen-bond donors (Lipinski definition) is 3. The summed E-state index contributed by atoms with van der Waals surface area (Å²) < 4.78 is 6.32. The molecule has 0 aromatic carbocycles. The molecule has 1 saturated carbocycles. The van der Waals surface area contributed by atoms with E-state index in [1.54, 1.807) is 11.9 Å². The number of hydrogen-bond acceptors (Lipinski definition) is 5. The third-order valence-electron chi connectivity index (χ3n) is 7.36. The van der Waals surface area contributed by atoms with Gasteiger partial charge in [-0.15, -0.1) is 0 Å². The quantitative estimate of drug-likeness (QED) is 0.527. The van der Waals surface area contributed by atoms with Crippen LogP contribution in [0, 0.1) is 11.8 Å². The highest BCUT2D eigenvalue weighted by molar-refractivity contribution is 5.98. The van der Waals surface area contributed by atoms with Crippen LogP contribution in [0.15, 0.2) is 0 Å². The van der Waals surface area contributed by atoms with Crippen molar-refractivity contribution in [3.8, 4) is 0 Å². The minimum Gasteiger partial charge on any atom is -0.396 e. The number of likely N-dealkylation sites (tertiary alicyclic amines) is 1. The highest BCUT2D eigenvalue weighted by atomic mass is 16.5. The smallest absolute Gasteiger partial charge is 0.246 e. The molecule has 0 aromatic rings. The Labute approximate surface area is 171 Å². The van der Waals surface area contributed by atoms with Gasteiger partial charge in [-0.05, 0) is 38.5 Å². The van der Waals surface area contributed by atoms with E-state index in [1.165, 1.54) is 6.42 Å². The average Bonchev–Trinajstić information content (AvgIpc) is 3.36. The summed E-state index contributed by atoms with van der Waals surface area (Å²) >= 11 is 0. The van der Waals surface area contributed by atoms with Gasteiger partial charge in [0, 0.05) is 26.2 Å². The second-order valence-corrected chi connectivity index (χ2v) is 8.98. The normalized spacial score (nSPS) is 36.3. The summed E-state index contributed by atoms with van der Waals surface area (Å²) in [6, 6.07) is -0.547. The highest BCUT2D eigenvalue weighted by Gasteiger charge is 2.74. The zero-order chi connectivity index (χ0) is 20.6. The van der Waals surface area contributed by atoms with Crippen molar-refractivity contribution in [3.05, 3.63) is 0 Å². The molecule has 4 aliphatic rings. The lowest BCUT2D eigenvalue weighted by Gasteiger charge is -2.35. The number of carbonyl (C=O) groups excluding carboxylic acids is 3. The minimum absolute atomic E-state index is 0.0506. The Morgan fingerprint density at radius 3 is 2.62 bits per heavy atom. The fraction of sp³-hybridized carbons (Fsp3) is 0.857. The largest absolute Gasteiger partial charge is 0.396 e. The Balaban J connectivity index is 1.61. The topological polar surface area (TPSA) is 108 Å². The molecule has 1 aliphatic carbocycles. The Morgan fingerprint density at radius 2 is 1.93 bits per heavy atom. The lowest BCUT2D eigenvalue weighted by Crippen LogP contribution is -2.57. The van der Waals surface area contributed by atoms with Gasteiger partial charge in [0.05, 0.1) is 17.9 Å². The lowest BCUT2D eigenvalue weighted by atomic mass is 9.70. The maximum Gasteiger partial charge on any atom is 0.246 e. The predicted molar refractivity (Wildman–Crippen MR) is 105 cm³/mol. The third-order valence-corrected chi connectivity index (χ3v) is 7.36. The summed E-state index contributed by atoms with van der Waals surface area (Å²) in [6.07, 6.45) is 7.57. The van der Waals surface area contributed by atoms with E-state index >= 15 is 0 Å². The summed E-state index contributed by atoms with van der Waals surface area (Å²) in [5, 5.41) is 15.0. The van der Waals surface area contributed by atoms with Crippen molar-refractivity contribution in [2.45, 2.75) is 81.6 Å². The van der Waals surface area contributed by atoms with Crippen molar-refractivity contribution in [1.82, 2.24) is 15.5 Å². The molecule has 3 N–H and O–H groups in total. The summed E-state index contributed by atoms with van der Waals surface area (Å²) in [6.45, 7) is 0.448. The van der Waals surface area contributed by atoms with E-state index in [1.807, 2.05) is 0 Å². The molecule has 0 aromatic heterocycles. The first-order valence-electron chi connectivity index (χ1n) is 11.1. The summed E-state index contributed by atoms with van der Waals surface area (Å²) in [7, 11) is 1.58. The van der Waals surface area contributed by atoms with E-state index in [4.69, 9.17) is 9.84 Å². The molecule has 2 unspecified atom stereocenters. The van der Waals surface area contributed by atoms with E-state index in [-0.39, 0.29) is 36.5 Å². The van der Waals surface area contributed by atoms with Crippen LogP contribution in [-0.4, -0.2) is 71.7 Å². The van der Waals surface area contributed by atoms with Crippen LogP contribution in [-0.2, 0) is 19.1 Å². The zero-order valence-electron chi connectivity index (χ0n) is 17.2. The molecule has 3 heterocycles. The maximum absolute atomic E-state index is 13.4. The van der Waals surface area contributed by atoms with Gasteiger partial charge in [-0.1, -0.05) is 19.3 Å². The number of carbonyl (C=O) groups is 3. The van der Waals surface area contributed by atoms with Crippen LogP contribution in [0.4, 0.5) is 0 Å². The zero-order valence-corrected chi connectivity index (χ0v) is 17.2. The number of amides is 3. The van der Waals surface area contributed by atoms with Crippen LogP contribution >= 0.6 is 0 Å². The molecule has 0 radical (unpaired) electrons. The first kappa shape index (κ1) is 20.6. The molecule has 1 spiro atoms. The van der Waals surface area contributed by atoms with Gasteiger partial charge in [-0.3, -0.25) is 14.4 Å². The Hall–Kier alpha value is -1.67. The molecule has 4 rings (SSSR count). The molecule has 5 atom stereocenters. The van der Waals surface area contributed by atoms with Gasteiger partial charge in [0.2, 0.25) is 17.7 Å². The van der Waals surface area contributed by atoms with Crippen LogP contribution in [0.5, 0.6) is 0 Å². The van der Waals surface area contributed by atoms with E-state index in [0.717, 1.165) is 25.7 Å². The minimum atomic E-state index is -0.906. The summed E-state index contributed by atoms with van der Waals surface area (Å²) in [5.41, 5.74) is -0.906.